The van der Waals surface area contributed by atoms with Crippen LogP contribution in [0.5, 0.6) is 11.5 Å². The first-order valence-electron chi connectivity index (χ1n) is 9.96. The molecule has 4 nitrogen and oxygen atoms in total. The normalized spacial score (nSPS) is 22.9. The van der Waals surface area contributed by atoms with Gasteiger partial charge in [-0.3, -0.25) is 14.1 Å². The van der Waals surface area contributed by atoms with Crippen LogP contribution < -0.4 is 9.47 Å². The molecular weight excluding hydrogens is 345 g/mol. The molecule has 2 atom stereocenters. The van der Waals surface area contributed by atoms with Crippen molar-refractivity contribution in [3.05, 3.63) is 23.3 Å². The van der Waals surface area contributed by atoms with Crippen LogP contribution in [-0.2, 0) is 11.2 Å². The number of halogens is 1. The molecule has 0 N–H and O–H groups in total. The van der Waals surface area contributed by atoms with Crippen molar-refractivity contribution in [3.63, 3.8) is 0 Å². The highest BCUT2D eigenvalue weighted by Gasteiger charge is 2.38. The maximum absolute atomic E-state index is 12.9. The van der Waals surface area contributed by atoms with Crippen molar-refractivity contribution in [2.75, 3.05) is 34.0 Å². The van der Waals surface area contributed by atoms with Gasteiger partial charge in [-0.2, -0.15) is 0 Å². The molecule has 0 aliphatic carbocycles. The number of Topliss-reactive ketones (excluding diaryl/α,β-unsaturated/α-hetero) is 1. The molecule has 2 aliphatic rings. The van der Waals surface area contributed by atoms with Gasteiger partial charge in [0.15, 0.2) is 11.5 Å². The third kappa shape index (κ3) is 4.29. The minimum atomic E-state index is -0.290. The fraction of sp³-hybridized carbons (Fsp3) is 0.682. The Morgan fingerprint density at radius 2 is 1.89 bits per heavy atom. The van der Waals surface area contributed by atoms with E-state index < -0.39 is 0 Å². The number of carbonyl (C=O) groups excluding carboxylic acids is 1. The van der Waals surface area contributed by atoms with Gasteiger partial charge in [-0.05, 0) is 54.4 Å². The lowest BCUT2D eigenvalue weighted by molar-refractivity contribution is -0.129. The zero-order chi connectivity index (χ0) is 19.6. The Morgan fingerprint density at radius 3 is 2.56 bits per heavy atom. The van der Waals surface area contributed by atoms with E-state index in [9.17, 15) is 9.18 Å². The molecule has 1 aromatic carbocycles. The number of nitrogens with zero attached hydrogens (tertiary/aromatic N) is 1. The van der Waals surface area contributed by atoms with E-state index in [1.807, 2.05) is 6.07 Å². The third-order valence-electron chi connectivity index (χ3n) is 6.36. The van der Waals surface area contributed by atoms with Crippen LogP contribution in [0.15, 0.2) is 12.1 Å². The predicted molar refractivity (Wildman–Crippen MR) is 104 cm³/mol. The number of hydrogen-bond donors (Lipinski definition) is 0. The molecule has 2 heterocycles. The Labute approximate surface area is 162 Å². The minimum absolute atomic E-state index is 0.0374. The molecule has 1 aromatic rings. The summed E-state index contributed by atoms with van der Waals surface area (Å²) in [5.41, 5.74) is 2.41. The van der Waals surface area contributed by atoms with Crippen molar-refractivity contribution < 1.29 is 18.7 Å². The summed E-state index contributed by atoms with van der Waals surface area (Å²) in [6.07, 6.45) is 3.83. The number of ether oxygens (including phenoxy) is 2. The van der Waals surface area contributed by atoms with Gasteiger partial charge in [-0.25, -0.2) is 0 Å². The van der Waals surface area contributed by atoms with E-state index in [2.05, 4.69) is 24.8 Å². The first kappa shape index (κ1) is 20.1. The Kier molecular flexibility index (Phi) is 6.09. The molecule has 5 heteroatoms. The molecule has 0 aromatic heterocycles. The number of benzene rings is 1. The SMILES string of the molecule is COc1cc2c(cc1OC)[C@@H]1CC(=O)[C@@H](CCC(C)(C)CCF)CN1CC2. The van der Waals surface area contributed by atoms with Crippen LogP contribution in [-0.4, -0.2) is 44.7 Å². The summed E-state index contributed by atoms with van der Waals surface area (Å²) in [4.78, 5) is 15.3. The maximum Gasteiger partial charge on any atom is 0.161 e. The topological polar surface area (TPSA) is 38.8 Å². The van der Waals surface area contributed by atoms with E-state index in [1.54, 1.807) is 14.2 Å². The summed E-state index contributed by atoms with van der Waals surface area (Å²) < 4.78 is 23.6. The quantitative estimate of drug-likeness (QED) is 0.708. The average Bonchev–Trinajstić information content (AvgIpc) is 2.65. The molecule has 1 fully saturated rings. The second-order valence-electron chi connectivity index (χ2n) is 8.68. The van der Waals surface area contributed by atoms with Gasteiger partial charge in [0.1, 0.15) is 5.78 Å². The molecule has 150 valence electrons. The van der Waals surface area contributed by atoms with Gasteiger partial charge in [0.05, 0.1) is 20.9 Å². The number of carbonyl (C=O) groups is 1. The standard InChI is InChI=1S/C22H32FNO3/c1-22(2,8-9-23)7-5-16-14-24-10-6-15-11-20(26-3)21(27-4)12-17(15)18(24)13-19(16)25/h11-12,16,18H,5-10,13-14H2,1-4H3/t16-,18-/m0/s1. The van der Waals surface area contributed by atoms with Crippen molar-refractivity contribution in [2.45, 2.75) is 52.0 Å². The molecule has 1 saturated heterocycles. The third-order valence-corrected chi connectivity index (χ3v) is 6.36. The molecule has 0 bridgehead atoms. The predicted octanol–water partition coefficient (Wildman–Crippen LogP) is 4.36. The van der Waals surface area contributed by atoms with Crippen LogP contribution in [0.2, 0.25) is 0 Å². The second kappa shape index (κ2) is 8.17. The highest BCUT2D eigenvalue weighted by Crippen LogP contribution is 2.43. The molecule has 0 saturated carbocycles. The van der Waals surface area contributed by atoms with Gasteiger partial charge < -0.3 is 9.47 Å². The summed E-state index contributed by atoms with van der Waals surface area (Å²) in [6, 6.07) is 4.24. The van der Waals surface area contributed by atoms with Gasteiger partial charge in [0.25, 0.3) is 0 Å². The van der Waals surface area contributed by atoms with E-state index in [0.717, 1.165) is 43.9 Å². The molecular formula is C22H32FNO3. The van der Waals surface area contributed by atoms with Gasteiger partial charge in [-0.15, -0.1) is 0 Å². The first-order chi connectivity index (χ1) is 12.9. The highest BCUT2D eigenvalue weighted by molar-refractivity contribution is 5.83. The smallest absolute Gasteiger partial charge is 0.161 e. The fourth-order valence-electron chi connectivity index (χ4n) is 4.48. The van der Waals surface area contributed by atoms with E-state index in [1.165, 1.54) is 11.1 Å². The number of hydrogen-bond acceptors (Lipinski definition) is 4. The highest BCUT2D eigenvalue weighted by atomic mass is 19.1. The first-order valence-corrected chi connectivity index (χ1v) is 9.96. The van der Waals surface area contributed by atoms with Crippen molar-refractivity contribution in [1.82, 2.24) is 4.90 Å². The lowest BCUT2D eigenvalue weighted by atomic mass is 9.77. The summed E-state index contributed by atoms with van der Waals surface area (Å²) in [7, 11) is 3.30. The van der Waals surface area contributed by atoms with E-state index in [-0.39, 0.29) is 24.0 Å². The van der Waals surface area contributed by atoms with Gasteiger partial charge in [-0.1, -0.05) is 13.8 Å². The van der Waals surface area contributed by atoms with Crippen molar-refractivity contribution in [2.24, 2.45) is 11.3 Å². The number of fused-ring (bicyclic) bond motifs is 3. The van der Waals surface area contributed by atoms with Crippen molar-refractivity contribution in [3.8, 4) is 11.5 Å². The van der Waals surface area contributed by atoms with Crippen LogP contribution in [0.4, 0.5) is 4.39 Å². The largest absolute Gasteiger partial charge is 0.493 e. The molecule has 0 amide bonds. The van der Waals surface area contributed by atoms with E-state index >= 15 is 0 Å². The number of ketones is 1. The van der Waals surface area contributed by atoms with Gasteiger partial charge in [0.2, 0.25) is 0 Å². The molecule has 2 aliphatic heterocycles. The Balaban J connectivity index is 1.74. The molecule has 0 unspecified atom stereocenters. The Morgan fingerprint density at radius 1 is 1.19 bits per heavy atom. The lowest BCUT2D eigenvalue weighted by Gasteiger charge is -2.43. The van der Waals surface area contributed by atoms with E-state index in [4.69, 9.17) is 9.47 Å². The monoisotopic (exact) mass is 377 g/mol. The summed E-state index contributed by atoms with van der Waals surface area (Å²) in [5, 5.41) is 0. The van der Waals surface area contributed by atoms with Crippen LogP contribution in [0, 0.1) is 11.3 Å². The Bertz CT molecular complexity index is 688. The summed E-state index contributed by atoms with van der Waals surface area (Å²) in [5.74, 6) is 1.89. The lowest BCUT2D eigenvalue weighted by Crippen LogP contribution is -2.46. The fourth-order valence-corrected chi connectivity index (χ4v) is 4.48. The average molecular weight is 378 g/mol. The van der Waals surface area contributed by atoms with Crippen LogP contribution in [0.3, 0.4) is 0 Å². The van der Waals surface area contributed by atoms with Crippen molar-refractivity contribution >= 4 is 5.78 Å². The van der Waals surface area contributed by atoms with Gasteiger partial charge >= 0.3 is 0 Å². The zero-order valence-corrected chi connectivity index (χ0v) is 17.0. The van der Waals surface area contributed by atoms with E-state index in [0.29, 0.717) is 18.6 Å². The van der Waals surface area contributed by atoms with Crippen molar-refractivity contribution in [1.29, 1.82) is 0 Å². The molecule has 0 spiro atoms. The summed E-state index contributed by atoms with van der Waals surface area (Å²) >= 11 is 0. The molecule has 3 rings (SSSR count). The molecule has 0 radical (unpaired) electrons. The van der Waals surface area contributed by atoms with Crippen LogP contribution in [0.25, 0.3) is 0 Å². The van der Waals surface area contributed by atoms with Crippen LogP contribution >= 0.6 is 0 Å². The Hall–Kier alpha value is -1.62. The second-order valence-corrected chi connectivity index (χ2v) is 8.68. The zero-order valence-electron chi connectivity index (χ0n) is 17.0. The number of alkyl halides is 1. The number of methoxy groups -OCH3 is 2. The minimum Gasteiger partial charge on any atom is -0.493 e. The summed E-state index contributed by atoms with van der Waals surface area (Å²) in [6.45, 7) is 5.68. The number of rotatable bonds is 7. The molecule has 27 heavy (non-hydrogen) atoms. The maximum atomic E-state index is 12.9. The number of piperidine rings is 1. The van der Waals surface area contributed by atoms with Gasteiger partial charge in [0, 0.05) is 31.5 Å². The van der Waals surface area contributed by atoms with Crippen LogP contribution in [0.1, 0.15) is 56.7 Å².